The van der Waals surface area contributed by atoms with Crippen molar-refractivity contribution >= 4 is 5.69 Å². The first-order chi connectivity index (χ1) is 9.86. The SMILES string of the molecule is CNCCc1ccc2c(c1)CCN2CC1CCOCC1. The highest BCUT2D eigenvalue weighted by molar-refractivity contribution is 5.59. The average Bonchev–Trinajstić information content (AvgIpc) is 2.89. The van der Waals surface area contributed by atoms with Gasteiger partial charge in [-0.3, -0.25) is 0 Å². The lowest BCUT2D eigenvalue weighted by Crippen LogP contribution is -2.31. The Bertz CT molecular complexity index is 441. The van der Waals surface area contributed by atoms with Gasteiger partial charge in [0.2, 0.25) is 0 Å². The minimum atomic E-state index is 0.818. The molecule has 2 aliphatic rings. The fourth-order valence-electron chi connectivity index (χ4n) is 3.38. The van der Waals surface area contributed by atoms with E-state index >= 15 is 0 Å². The largest absolute Gasteiger partial charge is 0.381 e. The molecule has 20 heavy (non-hydrogen) atoms. The first-order valence-electron chi connectivity index (χ1n) is 7.96. The van der Waals surface area contributed by atoms with Crippen molar-refractivity contribution < 1.29 is 4.74 Å². The van der Waals surface area contributed by atoms with Crippen LogP contribution in [-0.4, -0.2) is 39.9 Å². The highest BCUT2D eigenvalue weighted by Gasteiger charge is 2.23. The van der Waals surface area contributed by atoms with Gasteiger partial charge in [0.15, 0.2) is 0 Å². The molecule has 0 radical (unpaired) electrons. The summed E-state index contributed by atoms with van der Waals surface area (Å²) in [6.45, 7) is 5.38. The number of nitrogens with one attached hydrogen (secondary N) is 1. The molecular weight excluding hydrogens is 248 g/mol. The van der Waals surface area contributed by atoms with Gasteiger partial charge in [-0.1, -0.05) is 12.1 Å². The molecule has 0 amide bonds. The van der Waals surface area contributed by atoms with E-state index in [1.54, 1.807) is 5.56 Å². The van der Waals surface area contributed by atoms with Crippen LogP contribution in [0.5, 0.6) is 0 Å². The van der Waals surface area contributed by atoms with Crippen LogP contribution < -0.4 is 10.2 Å². The lowest BCUT2D eigenvalue weighted by Gasteiger charge is -2.28. The Morgan fingerprint density at radius 3 is 2.95 bits per heavy atom. The van der Waals surface area contributed by atoms with Crippen molar-refractivity contribution in [3.8, 4) is 0 Å². The standard InChI is InChI=1S/C17H26N2O/c1-18-8-4-14-2-3-17-16(12-14)5-9-19(17)13-15-6-10-20-11-7-15/h2-3,12,15,18H,4-11,13H2,1H3. The summed E-state index contributed by atoms with van der Waals surface area (Å²) in [5.74, 6) is 0.818. The van der Waals surface area contributed by atoms with Gasteiger partial charge in [-0.25, -0.2) is 0 Å². The van der Waals surface area contributed by atoms with Crippen molar-refractivity contribution in [1.29, 1.82) is 0 Å². The molecule has 0 saturated carbocycles. The molecule has 2 aliphatic heterocycles. The van der Waals surface area contributed by atoms with Gasteiger partial charge in [-0.05, 0) is 62.4 Å². The summed E-state index contributed by atoms with van der Waals surface area (Å²) in [5.41, 5.74) is 4.49. The Hall–Kier alpha value is -1.06. The van der Waals surface area contributed by atoms with E-state index in [1.165, 1.54) is 43.6 Å². The average molecular weight is 274 g/mol. The van der Waals surface area contributed by atoms with Crippen LogP contribution in [-0.2, 0) is 17.6 Å². The van der Waals surface area contributed by atoms with E-state index in [4.69, 9.17) is 4.74 Å². The van der Waals surface area contributed by atoms with E-state index in [0.717, 1.165) is 32.1 Å². The zero-order valence-corrected chi connectivity index (χ0v) is 12.5. The van der Waals surface area contributed by atoms with Crippen molar-refractivity contribution in [3.05, 3.63) is 29.3 Å². The van der Waals surface area contributed by atoms with Gasteiger partial charge in [0.05, 0.1) is 0 Å². The Balaban J connectivity index is 1.64. The summed E-state index contributed by atoms with van der Waals surface area (Å²) in [4.78, 5) is 2.59. The summed E-state index contributed by atoms with van der Waals surface area (Å²) in [6, 6.07) is 7.06. The second-order valence-electron chi connectivity index (χ2n) is 6.07. The number of hydrogen-bond acceptors (Lipinski definition) is 3. The maximum absolute atomic E-state index is 5.46. The normalized spacial score (nSPS) is 19.4. The van der Waals surface area contributed by atoms with E-state index in [9.17, 15) is 0 Å². The second kappa shape index (κ2) is 6.59. The zero-order valence-electron chi connectivity index (χ0n) is 12.5. The predicted molar refractivity (Wildman–Crippen MR) is 83.5 cm³/mol. The van der Waals surface area contributed by atoms with E-state index < -0.39 is 0 Å². The fourth-order valence-corrected chi connectivity index (χ4v) is 3.38. The fraction of sp³-hybridized carbons (Fsp3) is 0.647. The number of likely N-dealkylation sites (N-methyl/N-ethyl adjacent to an activating group) is 1. The molecule has 0 atom stereocenters. The van der Waals surface area contributed by atoms with E-state index in [1.807, 2.05) is 7.05 Å². The summed E-state index contributed by atoms with van der Waals surface area (Å²) in [7, 11) is 2.02. The molecule has 1 aromatic rings. The molecule has 1 fully saturated rings. The molecule has 0 aliphatic carbocycles. The van der Waals surface area contributed by atoms with Crippen LogP contribution in [0.3, 0.4) is 0 Å². The molecule has 3 heteroatoms. The van der Waals surface area contributed by atoms with Crippen LogP contribution >= 0.6 is 0 Å². The molecular formula is C17H26N2O. The van der Waals surface area contributed by atoms with Crippen LogP contribution in [0.25, 0.3) is 0 Å². The van der Waals surface area contributed by atoms with Gasteiger partial charge in [0.1, 0.15) is 0 Å². The Morgan fingerprint density at radius 2 is 2.15 bits per heavy atom. The van der Waals surface area contributed by atoms with Crippen LogP contribution in [0.1, 0.15) is 24.0 Å². The van der Waals surface area contributed by atoms with Gasteiger partial charge in [-0.15, -0.1) is 0 Å². The smallest absolute Gasteiger partial charge is 0.0469 e. The maximum Gasteiger partial charge on any atom is 0.0469 e. The second-order valence-corrected chi connectivity index (χ2v) is 6.07. The monoisotopic (exact) mass is 274 g/mol. The van der Waals surface area contributed by atoms with E-state index in [-0.39, 0.29) is 0 Å². The third-order valence-electron chi connectivity index (χ3n) is 4.62. The predicted octanol–water partition coefficient (Wildman–Crippen LogP) is 2.24. The lowest BCUT2D eigenvalue weighted by molar-refractivity contribution is 0.0683. The number of anilines is 1. The number of ether oxygens (including phenoxy) is 1. The molecule has 1 aromatic carbocycles. The van der Waals surface area contributed by atoms with Gasteiger partial charge in [0, 0.05) is 32.0 Å². The van der Waals surface area contributed by atoms with Crippen molar-refractivity contribution in [3.63, 3.8) is 0 Å². The number of rotatable bonds is 5. The molecule has 3 rings (SSSR count). The van der Waals surface area contributed by atoms with Gasteiger partial charge >= 0.3 is 0 Å². The first kappa shape index (κ1) is 13.9. The molecule has 1 saturated heterocycles. The van der Waals surface area contributed by atoms with Crippen molar-refractivity contribution in [2.24, 2.45) is 5.92 Å². The summed E-state index contributed by atoms with van der Waals surface area (Å²) in [5, 5.41) is 3.22. The molecule has 110 valence electrons. The Labute approximate surface area is 122 Å². The topological polar surface area (TPSA) is 24.5 Å². The maximum atomic E-state index is 5.46. The Morgan fingerprint density at radius 1 is 1.30 bits per heavy atom. The quantitative estimate of drug-likeness (QED) is 0.891. The van der Waals surface area contributed by atoms with Gasteiger partial charge in [0.25, 0.3) is 0 Å². The minimum Gasteiger partial charge on any atom is -0.381 e. The summed E-state index contributed by atoms with van der Waals surface area (Å²) >= 11 is 0. The lowest BCUT2D eigenvalue weighted by atomic mass is 9.99. The molecule has 0 spiro atoms. The molecule has 2 heterocycles. The van der Waals surface area contributed by atoms with Crippen LogP contribution in [0, 0.1) is 5.92 Å². The van der Waals surface area contributed by atoms with Gasteiger partial charge < -0.3 is 15.0 Å². The highest BCUT2D eigenvalue weighted by Crippen LogP contribution is 2.31. The van der Waals surface area contributed by atoms with Crippen LogP contribution in [0.4, 0.5) is 5.69 Å². The number of hydrogen-bond donors (Lipinski definition) is 1. The van der Waals surface area contributed by atoms with Crippen LogP contribution in [0.2, 0.25) is 0 Å². The van der Waals surface area contributed by atoms with E-state index in [0.29, 0.717) is 0 Å². The first-order valence-corrected chi connectivity index (χ1v) is 7.96. The van der Waals surface area contributed by atoms with Crippen LogP contribution in [0.15, 0.2) is 18.2 Å². The van der Waals surface area contributed by atoms with Gasteiger partial charge in [-0.2, -0.15) is 0 Å². The van der Waals surface area contributed by atoms with Crippen molar-refractivity contribution in [2.75, 3.05) is 44.8 Å². The Kier molecular flexibility index (Phi) is 4.58. The van der Waals surface area contributed by atoms with Crippen molar-refractivity contribution in [2.45, 2.75) is 25.7 Å². The third kappa shape index (κ3) is 3.15. The minimum absolute atomic E-state index is 0.818. The molecule has 0 bridgehead atoms. The highest BCUT2D eigenvalue weighted by atomic mass is 16.5. The zero-order chi connectivity index (χ0) is 13.8. The third-order valence-corrected chi connectivity index (χ3v) is 4.62. The number of fused-ring (bicyclic) bond motifs is 1. The summed E-state index contributed by atoms with van der Waals surface area (Å²) in [6.07, 6.45) is 4.80. The molecule has 3 nitrogen and oxygen atoms in total. The number of nitrogens with zero attached hydrogens (tertiary/aromatic N) is 1. The number of benzene rings is 1. The molecule has 1 N–H and O–H groups in total. The van der Waals surface area contributed by atoms with Crippen molar-refractivity contribution in [1.82, 2.24) is 5.32 Å². The molecule has 0 aromatic heterocycles. The molecule has 0 unspecified atom stereocenters. The van der Waals surface area contributed by atoms with E-state index in [2.05, 4.69) is 28.4 Å². The summed E-state index contributed by atoms with van der Waals surface area (Å²) < 4.78 is 5.46.